The Bertz CT molecular complexity index is 448. The van der Waals surface area contributed by atoms with Gasteiger partial charge in [0.15, 0.2) is 0 Å². The highest BCUT2D eigenvalue weighted by Gasteiger charge is 2.28. The maximum Gasteiger partial charge on any atom is 0.123 e. The van der Waals surface area contributed by atoms with Gasteiger partial charge < -0.3 is 10.6 Å². The molecule has 0 aliphatic carbocycles. The molecule has 1 aromatic carbocycles. The fourth-order valence-electron chi connectivity index (χ4n) is 3.68. The van der Waals surface area contributed by atoms with Crippen LogP contribution in [-0.2, 0) is 0 Å². The molecule has 0 aromatic heterocycles. The van der Waals surface area contributed by atoms with Gasteiger partial charge in [-0.15, -0.1) is 0 Å². The highest BCUT2D eigenvalue weighted by molar-refractivity contribution is 5.19. The van der Waals surface area contributed by atoms with Crippen LogP contribution in [0.4, 0.5) is 4.39 Å². The van der Waals surface area contributed by atoms with E-state index in [2.05, 4.69) is 9.80 Å². The van der Waals surface area contributed by atoms with Gasteiger partial charge in [0.05, 0.1) is 0 Å². The van der Waals surface area contributed by atoms with Crippen LogP contribution >= 0.6 is 0 Å². The average Bonchev–Trinajstić information content (AvgIpc) is 2.83. The lowest BCUT2D eigenvalue weighted by atomic mass is 10.0. The molecule has 4 heteroatoms. The van der Waals surface area contributed by atoms with Crippen molar-refractivity contribution in [2.75, 3.05) is 32.7 Å². The molecule has 2 unspecified atom stereocenters. The topological polar surface area (TPSA) is 32.5 Å². The van der Waals surface area contributed by atoms with Gasteiger partial charge >= 0.3 is 0 Å². The third-order valence-electron chi connectivity index (χ3n) is 4.94. The molecule has 2 N–H and O–H groups in total. The Balaban J connectivity index is 1.50. The summed E-state index contributed by atoms with van der Waals surface area (Å²) in [7, 11) is 0. The van der Waals surface area contributed by atoms with Crippen LogP contribution in [0.1, 0.15) is 37.3 Å². The average molecular weight is 291 g/mol. The fraction of sp³-hybridized carbons (Fsp3) is 0.647. The van der Waals surface area contributed by atoms with Crippen LogP contribution in [0.5, 0.6) is 0 Å². The fourth-order valence-corrected chi connectivity index (χ4v) is 3.68. The van der Waals surface area contributed by atoms with Gasteiger partial charge in [0.2, 0.25) is 0 Å². The van der Waals surface area contributed by atoms with Crippen LogP contribution in [0.15, 0.2) is 24.3 Å². The van der Waals surface area contributed by atoms with E-state index < -0.39 is 0 Å². The van der Waals surface area contributed by atoms with Crippen molar-refractivity contribution in [1.82, 2.24) is 9.80 Å². The molecule has 2 atom stereocenters. The zero-order valence-electron chi connectivity index (χ0n) is 12.7. The van der Waals surface area contributed by atoms with Crippen LogP contribution in [0.2, 0.25) is 0 Å². The smallest absolute Gasteiger partial charge is 0.123 e. The second-order valence-electron chi connectivity index (χ2n) is 6.43. The van der Waals surface area contributed by atoms with E-state index in [1.54, 1.807) is 12.1 Å². The summed E-state index contributed by atoms with van der Waals surface area (Å²) in [5.41, 5.74) is 7.28. The van der Waals surface area contributed by atoms with Crippen molar-refractivity contribution < 1.29 is 4.39 Å². The Hall–Kier alpha value is -0.970. The normalized spacial score (nSPS) is 25.5. The van der Waals surface area contributed by atoms with Crippen LogP contribution < -0.4 is 5.73 Å². The van der Waals surface area contributed by atoms with Gasteiger partial charge in [0.1, 0.15) is 5.82 Å². The van der Waals surface area contributed by atoms with E-state index in [9.17, 15) is 4.39 Å². The molecule has 0 amide bonds. The Labute approximate surface area is 126 Å². The minimum atomic E-state index is -0.195. The van der Waals surface area contributed by atoms with Crippen LogP contribution in [0.3, 0.4) is 0 Å². The first-order chi connectivity index (χ1) is 10.2. The number of halogens is 1. The number of hydrogen-bond acceptors (Lipinski definition) is 3. The summed E-state index contributed by atoms with van der Waals surface area (Å²) in [4.78, 5) is 5.22. The van der Waals surface area contributed by atoms with Crippen LogP contribution in [0.25, 0.3) is 0 Å². The van der Waals surface area contributed by atoms with Crippen molar-refractivity contribution >= 4 is 0 Å². The first kappa shape index (κ1) is 14.9. The molecule has 2 heterocycles. The van der Waals surface area contributed by atoms with E-state index in [4.69, 9.17) is 5.73 Å². The number of nitrogens with two attached hydrogens (primary N) is 1. The number of rotatable bonds is 4. The number of nitrogens with zero attached hydrogens (tertiary/aromatic N) is 2. The van der Waals surface area contributed by atoms with Crippen LogP contribution in [-0.4, -0.2) is 48.6 Å². The van der Waals surface area contributed by atoms with E-state index in [0.717, 1.165) is 24.6 Å². The lowest BCUT2D eigenvalue weighted by Gasteiger charge is -2.26. The molecule has 2 fully saturated rings. The van der Waals surface area contributed by atoms with Crippen molar-refractivity contribution in [1.29, 1.82) is 0 Å². The highest BCUT2D eigenvalue weighted by Crippen LogP contribution is 2.22. The van der Waals surface area contributed by atoms with E-state index in [1.165, 1.54) is 57.6 Å². The molecule has 0 radical (unpaired) electrons. The predicted octanol–water partition coefficient (Wildman–Crippen LogP) is 2.39. The third kappa shape index (κ3) is 3.82. The largest absolute Gasteiger partial charge is 0.324 e. The van der Waals surface area contributed by atoms with Gasteiger partial charge in [-0.05, 0) is 63.0 Å². The molecule has 1 aromatic rings. The first-order valence-corrected chi connectivity index (χ1v) is 8.20. The number of hydrogen-bond donors (Lipinski definition) is 1. The maximum absolute atomic E-state index is 12.9. The maximum atomic E-state index is 12.9. The standard InChI is InChI=1S/C17H26FN3/c18-15-6-4-14(5-7-15)17(19)8-12-20-9-2-11-21-10-1-3-16(21)13-20/h4-7,16-17H,1-3,8-13,19H2. The van der Waals surface area contributed by atoms with Crippen LogP contribution in [0, 0.1) is 5.82 Å². The second-order valence-corrected chi connectivity index (χ2v) is 6.43. The molecule has 0 bridgehead atoms. The molecule has 2 aliphatic heterocycles. The van der Waals surface area contributed by atoms with E-state index in [0.29, 0.717) is 0 Å². The van der Waals surface area contributed by atoms with Gasteiger partial charge in [-0.1, -0.05) is 12.1 Å². The number of benzene rings is 1. The summed E-state index contributed by atoms with van der Waals surface area (Å²) < 4.78 is 12.9. The molecular weight excluding hydrogens is 265 g/mol. The summed E-state index contributed by atoms with van der Waals surface area (Å²) in [6, 6.07) is 7.38. The summed E-state index contributed by atoms with van der Waals surface area (Å²) in [5.74, 6) is -0.195. The number of fused-ring (bicyclic) bond motifs is 1. The summed E-state index contributed by atoms with van der Waals surface area (Å²) >= 11 is 0. The van der Waals surface area contributed by atoms with Crippen molar-refractivity contribution in [2.45, 2.75) is 37.8 Å². The zero-order chi connectivity index (χ0) is 14.7. The molecule has 2 aliphatic rings. The summed E-state index contributed by atoms with van der Waals surface area (Å²) in [6.45, 7) is 5.96. The van der Waals surface area contributed by atoms with Crippen molar-refractivity contribution in [2.24, 2.45) is 5.73 Å². The molecule has 0 spiro atoms. The Morgan fingerprint density at radius 1 is 1.14 bits per heavy atom. The van der Waals surface area contributed by atoms with Crippen molar-refractivity contribution in [3.8, 4) is 0 Å². The molecule has 3 rings (SSSR count). The zero-order valence-corrected chi connectivity index (χ0v) is 12.7. The minimum absolute atomic E-state index is 0.00790. The first-order valence-electron chi connectivity index (χ1n) is 8.20. The molecule has 2 saturated heterocycles. The summed E-state index contributed by atoms with van der Waals surface area (Å²) in [6.07, 6.45) is 4.91. The lowest BCUT2D eigenvalue weighted by molar-refractivity contribution is 0.216. The molecule has 21 heavy (non-hydrogen) atoms. The van der Waals surface area contributed by atoms with Gasteiger partial charge in [0, 0.05) is 25.2 Å². The van der Waals surface area contributed by atoms with Gasteiger partial charge in [-0.2, -0.15) is 0 Å². The predicted molar refractivity (Wildman–Crippen MR) is 83.6 cm³/mol. The Kier molecular flexibility index (Phi) is 4.88. The summed E-state index contributed by atoms with van der Waals surface area (Å²) in [5, 5.41) is 0. The van der Waals surface area contributed by atoms with E-state index in [1.807, 2.05) is 0 Å². The molecular formula is C17H26FN3. The van der Waals surface area contributed by atoms with Crippen molar-refractivity contribution in [3.05, 3.63) is 35.6 Å². The molecule has 3 nitrogen and oxygen atoms in total. The van der Waals surface area contributed by atoms with E-state index in [-0.39, 0.29) is 11.9 Å². The molecule has 116 valence electrons. The molecule has 0 saturated carbocycles. The highest BCUT2D eigenvalue weighted by atomic mass is 19.1. The Morgan fingerprint density at radius 3 is 2.71 bits per heavy atom. The van der Waals surface area contributed by atoms with E-state index >= 15 is 0 Å². The lowest BCUT2D eigenvalue weighted by Crippen LogP contribution is -2.37. The van der Waals surface area contributed by atoms with Gasteiger partial charge in [-0.25, -0.2) is 4.39 Å². The second kappa shape index (κ2) is 6.86. The van der Waals surface area contributed by atoms with Gasteiger partial charge in [0.25, 0.3) is 0 Å². The monoisotopic (exact) mass is 291 g/mol. The third-order valence-corrected chi connectivity index (χ3v) is 4.94. The van der Waals surface area contributed by atoms with Gasteiger partial charge in [-0.3, -0.25) is 4.90 Å². The minimum Gasteiger partial charge on any atom is -0.324 e. The van der Waals surface area contributed by atoms with Crippen molar-refractivity contribution in [3.63, 3.8) is 0 Å². The Morgan fingerprint density at radius 2 is 1.90 bits per heavy atom. The quantitative estimate of drug-likeness (QED) is 0.924. The SMILES string of the molecule is NC(CCN1CCCN2CCCC2C1)c1ccc(F)cc1.